The fourth-order valence-corrected chi connectivity index (χ4v) is 1.71. The van der Waals surface area contributed by atoms with E-state index < -0.39 is 0 Å². The lowest BCUT2D eigenvalue weighted by molar-refractivity contribution is -0.0559. The van der Waals surface area contributed by atoms with E-state index in [0.29, 0.717) is 0 Å². The number of morpholine rings is 1. The Morgan fingerprint density at radius 1 is 1.62 bits per heavy atom. The Morgan fingerprint density at radius 3 is 3.00 bits per heavy atom. The highest BCUT2D eigenvalue weighted by Crippen LogP contribution is 2.22. The summed E-state index contributed by atoms with van der Waals surface area (Å²) in [4.78, 5) is 2.43. The molecular formula is C10H18ClNO. The van der Waals surface area contributed by atoms with Crippen molar-refractivity contribution in [1.29, 1.82) is 0 Å². The van der Waals surface area contributed by atoms with Gasteiger partial charge in [0, 0.05) is 24.2 Å². The molecule has 3 heteroatoms. The number of halogens is 1. The van der Waals surface area contributed by atoms with Crippen LogP contribution in [0.4, 0.5) is 0 Å². The Morgan fingerprint density at radius 2 is 2.38 bits per heavy atom. The molecule has 0 aromatic carbocycles. The van der Waals surface area contributed by atoms with Crippen LogP contribution in [0.25, 0.3) is 0 Å². The lowest BCUT2D eigenvalue weighted by Gasteiger charge is -2.43. The van der Waals surface area contributed by atoms with Crippen LogP contribution < -0.4 is 0 Å². The van der Waals surface area contributed by atoms with Gasteiger partial charge >= 0.3 is 0 Å². The predicted molar refractivity (Wildman–Crippen MR) is 56.1 cm³/mol. The highest BCUT2D eigenvalue weighted by Gasteiger charge is 2.32. The van der Waals surface area contributed by atoms with Crippen LogP contribution >= 0.6 is 11.6 Å². The Balaban J connectivity index is 2.56. The van der Waals surface area contributed by atoms with E-state index in [9.17, 15) is 0 Å². The van der Waals surface area contributed by atoms with Crippen molar-refractivity contribution >= 4 is 11.6 Å². The predicted octanol–water partition coefficient (Wildman–Crippen LogP) is 2.24. The molecule has 0 aromatic rings. The normalized spacial score (nSPS) is 31.3. The Kier molecular flexibility index (Phi) is 4.23. The molecule has 13 heavy (non-hydrogen) atoms. The van der Waals surface area contributed by atoms with Gasteiger partial charge in [-0.25, -0.2) is 0 Å². The van der Waals surface area contributed by atoms with E-state index in [4.69, 9.17) is 16.3 Å². The van der Waals surface area contributed by atoms with Gasteiger partial charge in [-0.2, -0.15) is 0 Å². The first-order valence-electron chi connectivity index (χ1n) is 4.81. The zero-order valence-corrected chi connectivity index (χ0v) is 9.18. The number of rotatable bonds is 3. The van der Waals surface area contributed by atoms with Crippen LogP contribution in [0.2, 0.25) is 0 Å². The van der Waals surface area contributed by atoms with Crippen molar-refractivity contribution in [3.05, 3.63) is 11.6 Å². The average Bonchev–Trinajstić information content (AvgIpc) is 2.17. The first kappa shape index (κ1) is 11.0. The van der Waals surface area contributed by atoms with Crippen molar-refractivity contribution in [3.8, 4) is 0 Å². The highest BCUT2D eigenvalue weighted by atomic mass is 35.5. The fourth-order valence-electron chi connectivity index (χ4n) is 1.63. The van der Waals surface area contributed by atoms with E-state index in [1.807, 2.05) is 6.08 Å². The largest absolute Gasteiger partial charge is 0.378 e. The summed E-state index contributed by atoms with van der Waals surface area (Å²) in [5, 5.41) is 0. The van der Waals surface area contributed by atoms with Gasteiger partial charge in [0.15, 0.2) is 0 Å². The molecule has 0 aromatic heterocycles. The minimum Gasteiger partial charge on any atom is -0.378 e. The topological polar surface area (TPSA) is 12.5 Å². The maximum absolute atomic E-state index is 5.52. The summed E-state index contributed by atoms with van der Waals surface area (Å²) in [7, 11) is 0. The van der Waals surface area contributed by atoms with Gasteiger partial charge in [0.05, 0.1) is 13.2 Å². The Labute approximate surface area is 85.5 Å². The standard InChI is InChI=1S/C10H18ClNO/c1-3-10(2)9-13-8-7-12(10)6-4-5-11/h4-5H,3,6-9H2,1-2H3/b5-4+. The van der Waals surface area contributed by atoms with Gasteiger partial charge in [-0.15, -0.1) is 0 Å². The average molecular weight is 204 g/mol. The zero-order valence-electron chi connectivity index (χ0n) is 8.42. The molecule has 1 aliphatic rings. The molecule has 0 saturated carbocycles. The molecule has 2 nitrogen and oxygen atoms in total. The summed E-state index contributed by atoms with van der Waals surface area (Å²) < 4.78 is 5.49. The second-order valence-corrected chi connectivity index (χ2v) is 3.96. The minimum atomic E-state index is 0.189. The maximum Gasteiger partial charge on any atom is 0.0648 e. The van der Waals surface area contributed by atoms with Crippen molar-refractivity contribution in [2.75, 3.05) is 26.3 Å². The molecule has 1 rings (SSSR count). The number of ether oxygens (including phenoxy) is 1. The summed E-state index contributed by atoms with van der Waals surface area (Å²) in [6, 6.07) is 0. The molecule has 1 aliphatic heterocycles. The second kappa shape index (κ2) is 4.99. The van der Waals surface area contributed by atoms with E-state index in [1.165, 1.54) is 0 Å². The summed E-state index contributed by atoms with van der Waals surface area (Å²) in [5.41, 5.74) is 1.78. The third-order valence-electron chi connectivity index (χ3n) is 2.86. The van der Waals surface area contributed by atoms with Crippen molar-refractivity contribution in [3.63, 3.8) is 0 Å². The van der Waals surface area contributed by atoms with E-state index in [1.54, 1.807) is 5.54 Å². The molecule has 0 N–H and O–H groups in total. The van der Waals surface area contributed by atoms with Gasteiger partial charge in [-0.1, -0.05) is 24.6 Å². The molecule has 0 aliphatic carbocycles. The maximum atomic E-state index is 5.52. The third-order valence-corrected chi connectivity index (χ3v) is 3.04. The summed E-state index contributed by atoms with van der Waals surface area (Å²) in [6.45, 7) is 8.05. The molecule has 0 spiro atoms. The van der Waals surface area contributed by atoms with E-state index in [-0.39, 0.29) is 5.54 Å². The van der Waals surface area contributed by atoms with Crippen LogP contribution in [0.3, 0.4) is 0 Å². The van der Waals surface area contributed by atoms with Crippen LogP contribution in [0.5, 0.6) is 0 Å². The van der Waals surface area contributed by atoms with Crippen LogP contribution in [0.1, 0.15) is 20.3 Å². The molecule has 1 unspecified atom stereocenters. The van der Waals surface area contributed by atoms with Gasteiger partial charge in [0.1, 0.15) is 0 Å². The number of nitrogens with zero attached hydrogens (tertiary/aromatic N) is 1. The summed E-state index contributed by atoms with van der Waals surface area (Å²) in [5.74, 6) is 0. The smallest absolute Gasteiger partial charge is 0.0648 e. The quantitative estimate of drug-likeness (QED) is 0.698. The number of hydrogen-bond donors (Lipinski definition) is 0. The lowest BCUT2D eigenvalue weighted by Crippen LogP contribution is -2.54. The van der Waals surface area contributed by atoms with Crippen molar-refractivity contribution in [2.45, 2.75) is 25.8 Å². The molecule has 1 saturated heterocycles. The molecule has 1 atom stereocenters. The minimum absolute atomic E-state index is 0.189. The molecule has 1 heterocycles. The highest BCUT2D eigenvalue weighted by molar-refractivity contribution is 6.25. The van der Waals surface area contributed by atoms with E-state index >= 15 is 0 Å². The van der Waals surface area contributed by atoms with Crippen molar-refractivity contribution in [1.82, 2.24) is 4.90 Å². The fraction of sp³-hybridized carbons (Fsp3) is 0.800. The van der Waals surface area contributed by atoms with Gasteiger partial charge < -0.3 is 4.74 Å². The van der Waals surface area contributed by atoms with Crippen molar-refractivity contribution < 1.29 is 4.74 Å². The molecular weight excluding hydrogens is 186 g/mol. The van der Waals surface area contributed by atoms with Gasteiger partial charge in [-0.05, 0) is 13.3 Å². The summed E-state index contributed by atoms with van der Waals surface area (Å²) >= 11 is 5.52. The van der Waals surface area contributed by atoms with Gasteiger partial charge in [0.2, 0.25) is 0 Å². The van der Waals surface area contributed by atoms with Crippen LogP contribution in [-0.2, 0) is 4.74 Å². The van der Waals surface area contributed by atoms with E-state index in [0.717, 1.165) is 32.7 Å². The van der Waals surface area contributed by atoms with Gasteiger partial charge in [-0.3, -0.25) is 4.90 Å². The number of hydrogen-bond acceptors (Lipinski definition) is 2. The first-order valence-corrected chi connectivity index (χ1v) is 5.24. The van der Waals surface area contributed by atoms with Gasteiger partial charge in [0.25, 0.3) is 0 Å². The molecule has 1 fully saturated rings. The molecule has 0 amide bonds. The van der Waals surface area contributed by atoms with E-state index in [2.05, 4.69) is 18.7 Å². The zero-order chi connectivity index (χ0) is 9.73. The molecule has 76 valence electrons. The van der Waals surface area contributed by atoms with Crippen LogP contribution in [0.15, 0.2) is 11.6 Å². The Hall–Kier alpha value is -0.0500. The first-order chi connectivity index (χ1) is 6.23. The SMILES string of the molecule is CCC1(C)COCCN1C/C=C/Cl. The second-order valence-electron chi connectivity index (χ2n) is 3.71. The van der Waals surface area contributed by atoms with Crippen LogP contribution in [0, 0.1) is 0 Å². The monoisotopic (exact) mass is 203 g/mol. The Bertz CT molecular complexity index is 184. The molecule has 0 radical (unpaired) electrons. The van der Waals surface area contributed by atoms with Crippen LogP contribution in [-0.4, -0.2) is 36.7 Å². The lowest BCUT2D eigenvalue weighted by atomic mass is 9.96. The van der Waals surface area contributed by atoms with Crippen molar-refractivity contribution in [2.24, 2.45) is 0 Å². The third kappa shape index (κ3) is 2.70. The molecule has 0 bridgehead atoms. The summed E-state index contributed by atoms with van der Waals surface area (Å²) in [6.07, 6.45) is 3.10.